The van der Waals surface area contributed by atoms with Crippen molar-refractivity contribution in [2.45, 2.75) is 13.8 Å². The number of carbonyl (C=O) groups is 1. The van der Waals surface area contributed by atoms with Crippen LogP contribution >= 0.6 is 0 Å². The number of pyridine rings is 1. The summed E-state index contributed by atoms with van der Waals surface area (Å²) in [6.07, 6.45) is 2.47. The molecule has 0 aliphatic rings. The number of ether oxygens (including phenoxy) is 1. The van der Waals surface area contributed by atoms with Gasteiger partial charge in [0.05, 0.1) is 16.7 Å². The smallest absolute Gasteiger partial charge is 0.337 e. The molecule has 1 aromatic heterocycles. The van der Waals surface area contributed by atoms with Crippen molar-refractivity contribution in [3.63, 3.8) is 0 Å². The Morgan fingerprint density at radius 3 is 2.62 bits per heavy atom. The van der Waals surface area contributed by atoms with E-state index in [1.807, 2.05) is 0 Å². The fraction of sp³-hybridized carbons (Fsp3) is 0.143. The maximum absolute atomic E-state index is 11.1. The number of nitro groups is 1. The zero-order chi connectivity index (χ0) is 15.6. The molecule has 7 heteroatoms. The monoisotopic (exact) mass is 288 g/mol. The molecule has 0 radical (unpaired) electrons. The van der Waals surface area contributed by atoms with Crippen molar-refractivity contribution in [1.29, 1.82) is 0 Å². The first kappa shape index (κ1) is 14.4. The van der Waals surface area contributed by atoms with Crippen molar-refractivity contribution in [3.8, 4) is 11.5 Å². The van der Waals surface area contributed by atoms with Gasteiger partial charge in [-0.3, -0.25) is 15.1 Å². The highest BCUT2D eigenvalue weighted by molar-refractivity contribution is 5.87. The van der Waals surface area contributed by atoms with Crippen molar-refractivity contribution >= 4 is 11.7 Å². The van der Waals surface area contributed by atoms with Crippen LogP contribution in [0.1, 0.15) is 21.5 Å². The number of aromatic carboxylic acids is 1. The van der Waals surface area contributed by atoms with Crippen LogP contribution in [0.2, 0.25) is 0 Å². The van der Waals surface area contributed by atoms with E-state index in [-0.39, 0.29) is 22.7 Å². The molecule has 2 aromatic rings. The molecule has 2 rings (SSSR count). The molecule has 0 atom stereocenters. The molecule has 0 bridgehead atoms. The van der Waals surface area contributed by atoms with Crippen LogP contribution in [0.25, 0.3) is 0 Å². The number of aryl methyl sites for hydroxylation is 2. The second-order valence-electron chi connectivity index (χ2n) is 4.50. The molecular weight excluding hydrogens is 276 g/mol. The first-order valence-corrected chi connectivity index (χ1v) is 6.00. The van der Waals surface area contributed by atoms with E-state index in [4.69, 9.17) is 9.84 Å². The van der Waals surface area contributed by atoms with E-state index in [1.54, 1.807) is 19.9 Å². The summed E-state index contributed by atoms with van der Waals surface area (Å²) in [5.74, 6) is -0.942. The molecule has 0 unspecified atom stereocenters. The quantitative estimate of drug-likeness (QED) is 0.685. The molecule has 108 valence electrons. The number of carboxylic acids is 1. The third-order valence-corrected chi connectivity index (χ3v) is 2.78. The zero-order valence-corrected chi connectivity index (χ0v) is 11.4. The number of benzene rings is 1. The van der Waals surface area contributed by atoms with Gasteiger partial charge in [0.15, 0.2) is 0 Å². The van der Waals surface area contributed by atoms with Crippen LogP contribution in [0.3, 0.4) is 0 Å². The summed E-state index contributed by atoms with van der Waals surface area (Å²) < 4.78 is 5.48. The molecule has 21 heavy (non-hydrogen) atoms. The predicted octanol–water partition coefficient (Wildman–Crippen LogP) is 3.10. The largest absolute Gasteiger partial charge is 0.478 e. The lowest BCUT2D eigenvalue weighted by atomic mass is 10.1. The van der Waals surface area contributed by atoms with Crippen molar-refractivity contribution in [2.24, 2.45) is 0 Å². The number of hydrogen-bond acceptors (Lipinski definition) is 5. The Bertz CT molecular complexity index is 727. The second kappa shape index (κ2) is 5.58. The fourth-order valence-electron chi connectivity index (χ4n) is 1.91. The van der Waals surface area contributed by atoms with Gasteiger partial charge >= 0.3 is 11.7 Å². The average molecular weight is 288 g/mol. The molecule has 1 aromatic carbocycles. The highest BCUT2D eigenvalue weighted by Gasteiger charge is 2.19. The minimum absolute atomic E-state index is 0.0556. The third kappa shape index (κ3) is 3.14. The Hall–Kier alpha value is -2.96. The van der Waals surface area contributed by atoms with E-state index >= 15 is 0 Å². The maximum Gasteiger partial charge on any atom is 0.337 e. The summed E-state index contributed by atoms with van der Waals surface area (Å²) in [6.45, 7) is 3.43. The third-order valence-electron chi connectivity index (χ3n) is 2.78. The van der Waals surface area contributed by atoms with E-state index in [2.05, 4.69) is 4.98 Å². The van der Waals surface area contributed by atoms with Gasteiger partial charge in [0, 0.05) is 12.3 Å². The number of aromatic nitrogens is 1. The van der Waals surface area contributed by atoms with Crippen LogP contribution in [-0.4, -0.2) is 21.0 Å². The predicted molar refractivity (Wildman–Crippen MR) is 73.8 cm³/mol. The van der Waals surface area contributed by atoms with Gasteiger partial charge in [0.25, 0.3) is 0 Å². The van der Waals surface area contributed by atoms with Crippen LogP contribution in [0.4, 0.5) is 5.69 Å². The molecular formula is C14H12N2O5. The molecule has 0 aliphatic heterocycles. The summed E-state index contributed by atoms with van der Waals surface area (Å²) in [6, 6.07) is 4.41. The Morgan fingerprint density at radius 2 is 2.00 bits per heavy atom. The molecule has 0 amide bonds. The van der Waals surface area contributed by atoms with E-state index in [9.17, 15) is 14.9 Å². The minimum atomic E-state index is -1.15. The van der Waals surface area contributed by atoms with Gasteiger partial charge in [-0.15, -0.1) is 0 Å². The summed E-state index contributed by atoms with van der Waals surface area (Å²) in [7, 11) is 0. The van der Waals surface area contributed by atoms with Crippen molar-refractivity contribution in [3.05, 3.63) is 57.4 Å². The molecule has 0 spiro atoms. The summed E-state index contributed by atoms with van der Waals surface area (Å²) >= 11 is 0. The van der Waals surface area contributed by atoms with Gasteiger partial charge < -0.3 is 9.84 Å². The van der Waals surface area contributed by atoms with E-state index < -0.39 is 10.9 Å². The number of hydrogen-bond donors (Lipinski definition) is 1. The van der Waals surface area contributed by atoms with Crippen LogP contribution in [0.5, 0.6) is 11.5 Å². The van der Waals surface area contributed by atoms with Crippen molar-refractivity contribution < 1.29 is 19.6 Å². The first-order valence-electron chi connectivity index (χ1n) is 6.00. The van der Waals surface area contributed by atoms with Gasteiger partial charge in [-0.05, 0) is 31.0 Å². The number of rotatable bonds is 4. The van der Waals surface area contributed by atoms with Gasteiger partial charge in [-0.1, -0.05) is 6.07 Å². The minimum Gasteiger partial charge on any atom is -0.478 e. The molecule has 0 saturated carbocycles. The van der Waals surface area contributed by atoms with Gasteiger partial charge in [0.1, 0.15) is 5.75 Å². The molecule has 0 saturated heterocycles. The van der Waals surface area contributed by atoms with E-state index in [0.29, 0.717) is 5.56 Å². The van der Waals surface area contributed by atoms with Gasteiger partial charge in [-0.25, -0.2) is 4.79 Å². The standard InChI is InChI=1S/C14H12N2O5/c1-8-3-9(2)13(12(4-8)16(19)20)21-11-5-10(14(17)18)6-15-7-11/h3-7H,1-2H3,(H,17,18). The summed E-state index contributed by atoms with van der Waals surface area (Å²) in [5, 5.41) is 20.0. The fourth-order valence-corrected chi connectivity index (χ4v) is 1.91. The van der Waals surface area contributed by atoms with Gasteiger partial charge in [0.2, 0.25) is 5.75 Å². The normalized spacial score (nSPS) is 10.2. The van der Waals surface area contributed by atoms with Crippen molar-refractivity contribution in [1.82, 2.24) is 4.98 Å². The second-order valence-corrected chi connectivity index (χ2v) is 4.50. The van der Waals surface area contributed by atoms with Crippen LogP contribution < -0.4 is 4.74 Å². The van der Waals surface area contributed by atoms with Gasteiger partial charge in [-0.2, -0.15) is 0 Å². The van der Waals surface area contributed by atoms with Crippen LogP contribution in [-0.2, 0) is 0 Å². The first-order chi connectivity index (χ1) is 9.88. The molecule has 1 N–H and O–H groups in total. The average Bonchev–Trinajstić information content (AvgIpc) is 2.41. The Balaban J connectivity index is 2.46. The lowest BCUT2D eigenvalue weighted by molar-refractivity contribution is -0.385. The number of carboxylic acid groups (broad SMARTS) is 1. The molecule has 0 aliphatic carbocycles. The Morgan fingerprint density at radius 1 is 1.29 bits per heavy atom. The zero-order valence-electron chi connectivity index (χ0n) is 11.4. The molecule has 0 fully saturated rings. The summed E-state index contributed by atoms with van der Waals surface area (Å²) in [5.41, 5.74) is 1.10. The Labute approximate surface area is 120 Å². The van der Waals surface area contributed by atoms with E-state index in [0.717, 1.165) is 5.56 Å². The lowest BCUT2D eigenvalue weighted by Gasteiger charge is -2.10. The number of nitrogens with zero attached hydrogens (tertiary/aromatic N) is 2. The SMILES string of the molecule is Cc1cc(C)c(Oc2cncc(C(=O)O)c2)c([N+](=O)[O-])c1. The van der Waals surface area contributed by atoms with Crippen molar-refractivity contribution in [2.75, 3.05) is 0 Å². The maximum atomic E-state index is 11.1. The highest BCUT2D eigenvalue weighted by atomic mass is 16.6. The highest BCUT2D eigenvalue weighted by Crippen LogP contribution is 2.35. The number of nitro benzene ring substituents is 1. The topological polar surface area (TPSA) is 103 Å². The lowest BCUT2D eigenvalue weighted by Crippen LogP contribution is -2.00. The Kier molecular flexibility index (Phi) is 3.84. The van der Waals surface area contributed by atoms with Crippen LogP contribution in [0, 0.1) is 24.0 Å². The molecule has 7 nitrogen and oxygen atoms in total. The molecule has 1 heterocycles. The van der Waals surface area contributed by atoms with Crippen LogP contribution in [0.15, 0.2) is 30.6 Å². The summed E-state index contributed by atoms with van der Waals surface area (Å²) in [4.78, 5) is 25.2. The van der Waals surface area contributed by atoms with E-state index in [1.165, 1.54) is 24.5 Å².